The van der Waals surface area contributed by atoms with Gasteiger partial charge < -0.3 is 10.6 Å². The summed E-state index contributed by atoms with van der Waals surface area (Å²) in [6.07, 6.45) is 0.856. The Hall–Kier alpha value is -1.03. The Kier molecular flexibility index (Phi) is 4.86. The zero-order valence-electron chi connectivity index (χ0n) is 11.3. The van der Waals surface area contributed by atoms with Gasteiger partial charge in [-0.2, -0.15) is 0 Å². The van der Waals surface area contributed by atoms with Crippen molar-refractivity contribution in [2.45, 2.75) is 25.9 Å². The molecule has 0 aliphatic heterocycles. The van der Waals surface area contributed by atoms with Crippen molar-refractivity contribution >= 4 is 28.6 Å². The number of nitrogens with two attached hydrogens (primary N) is 1. The minimum absolute atomic E-state index is 0.158. The molecule has 0 aliphatic carbocycles. The van der Waals surface area contributed by atoms with E-state index in [-0.39, 0.29) is 6.04 Å². The Balaban J connectivity index is 2.11. The molecule has 0 fully saturated rings. The fourth-order valence-corrected chi connectivity index (χ4v) is 3.18. The topological polar surface area (TPSA) is 29.3 Å². The molecule has 1 aromatic carbocycles. The molecule has 1 atom stereocenters. The highest BCUT2D eigenvalue weighted by Crippen LogP contribution is 2.28. The molecule has 2 rings (SSSR count). The second-order valence-corrected chi connectivity index (χ2v) is 6.34. The van der Waals surface area contributed by atoms with Gasteiger partial charge in [-0.25, -0.2) is 0 Å². The second kappa shape index (κ2) is 6.42. The molecule has 102 valence electrons. The average Bonchev–Trinajstić information content (AvgIpc) is 2.80. The molecule has 2 nitrogen and oxygen atoms in total. The monoisotopic (exact) mass is 294 g/mol. The van der Waals surface area contributed by atoms with Gasteiger partial charge in [0.2, 0.25) is 0 Å². The molecule has 2 aromatic rings. The van der Waals surface area contributed by atoms with Crippen LogP contribution in [0.2, 0.25) is 5.02 Å². The Morgan fingerprint density at radius 3 is 2.74 bits per heavy atom. The summed E-state index contributed by atoms with van der Waals surface area (Å²) in [5.74, 6) is 0. The zero-order valence-corrected chi connectivity index (χ0v) is 12.8. The van der Waals surface area contributed by atoms with Crippen LogP contribution in [0.25, 0.3) is 0 Å². The van der Waals surface area contributed by atoms with Crippen molar-refractivity contribution in [3.05, 3.63) is 51.2 Å². The molecule has 0 saturated carbocycles. The number of thiophene rings is 1. The lowest BCUT2D eigenvalue weighted by Gasteiger charge is -2.20. The molecule has 0 saturated heterocycles. The molecule has 1 aromatic heterocycles. The van der Waals surface area contributed by atoms with E-state index in [4.69, 9.17) is 17.3 Å². The Bertz CT molecular complexity index is 523. The first-order valence-corrected chi connectivity index (χ1v) is 7.59. The summed E-state index contributed by atoms with van der Waals surface area (Å²) < 4.78 is 0. The first-order chi connectivity index (χ1) is 9.06. The molecule has 0 radical (unpaired) electrons. The quantitative estimate of drug-likeness (QED) is 0.905. The number of hydrogen-bond donors (Lipinski definition) is 1. The maximum absolute atomic E-state index is 6.37. The largest absolute Gasteiger partial charge is 0.368 e. The van der Waals surface area contributed by atoms with E-state index >= 15 is 0 Å². The molecular weight excluding hydrogens is 276 g/mol. The van der Waals surface area contributed by atoms with Crippen molar-refractivity contribution in [1.29, 1.82) is 0 Å². The van der Waals surface area contributed by atoms with Gasteiger partial charge in [0.1, 0.15) is 0 Å². The maximum atomic E-state index is 6.37. The van der Waals surface area contributed by atoms with Crippen LogP contribution in [0.15, 0.2) is 35.7 Å². The van der Waals surface area contributed by atoms with E-state index in [1.165, 1.54) is 10.4 Å². The summed E-state index contributed by atoms with van der Waals surface area (Å²) in [4.78, 5) is 3.50. The SMILES string of the molecule is CC(N)Cc1ccc(N(C)Cc2cccs2)c(Cl)c1. The van der Waals surface area contributed by atoms with Crippen molar-refractivity contribution in [2.75, 3.05) is 11.9 Å². The number of nitrogens with zero attached hydrogens (tertiary/aromatic N) is 1. The molecule has 0 spiro atoms. The molecule has 0 aliphatic rings. The van der Waals surface area contributed by atoms with Gasteiger partial charge in [-0.1, -0.05) is 23.7 Å². The van der Waals surface area contributed by atoms with Crippen LogP contribution in [0.3, 0.4) is 0 Å². The van der Waals surface area contributed by atoms with E-state index in [0.29, 0.717) is 0 Å². The first kappa shape index (κ1) is 14.4. The van der Waals surface area contributed by atoms with Crippen LogP contribution in [0.5, 0.6) is 0 Å². The number of rotatable bonds is 5. The van der Waals surface area contributed by atoms with Crippen molar-refractivity contribution in [3.63, 3.8) is 0 Å². The van der Waals surface area contributed by atoms with E-state index in [2.05, 4.69) is 41.6 Å². The average molecular weight is 295 g/mol. The summed E-state index contributed by atoms with van der Waals surface area (Å²) in [6, 6.07) is 10.6. The third-order valence-electron chi connectivity index (χ3n) is 2.95. The lowest BCUT2D eigenvalue weighted by atomic mass is 10.1. The summed E-state index contributed by atoms with van der Waals surface area (Å²) in [6.45, 7) is 2.88. The predicted octanol–water partition coefficient (Wildman–Crippen LogP) is 3.93. The molecular formula is C15H19ClN2S. The lowest BCUT2D eigenvalue weighted by Crippen LogP contribution is -2.18. The van der Waals surface area contributed by atoms with Crippen LogP contribution < -0.4 is 10.6 Å². The Morgan fingerprint density at radius 2 is 2.16 bits per heavy atom. The van der Waals surface area contributed by atoms with Gasteiger partial charge in [0.15, 0.2) is 0 Å². The van der Waals surface area contributed by atoms with E-state index in [1.807, 2.05) is 13.0 Å². The summed E-state index contributed by atoms with van der Waals surface area (Å²) >= 11 is 8.13. The highest BCUT2D eigenvalue weighted by Gasteiger charge is 2.09. The normalized spacial score (nSPS) is 12.4. The molecule has 19 heavy (non-hydrogen) atoms. The van der Waals surface area contributed by atoms with Gasteiger partial charge in [-0.15, -0.1) is 11.3 Å². The van der Waals surface area contributed by atoms with Crippen LogP contribution in [0.4, 0.5) is 5.69 Å². The van der Waals surface area contributed by atoms with Crippen LogP contribution in [0, 0.1) is 0 Å². The van der Waals surface area contributed by atoms with Gasteiger partial charge in [0.05, 0.1) is 17.3 Å². The van der Waals surface area contributed by atoms with Gasteiger partial charge in [-0.05, 0) is 42.5 Å². The standard InChI is InChI=1S/C15H19ClN2S/c1-11(17)8-12-5-6-15(14(16)9-12)18(2)10-13-4-3-7-19-13/h3-7,9,11H,8,10,17H2,1-2H3. The Morgan fingerprint density at radius 1 is 1.37 bits per heavy atom. The van der Waals surface area contributed by atoms with Crippen molar-refractivity contribution in [1.82, 2.24) is 0 Å². The van der Waals surface area contributed by atoms with Crippen LogP contribution in [-0.4, -0.2) is 13.1 Å². The molecule has 2 N–H and O–H groups in total. The third-order valence-corrected chi connectivity index (χ3v) is 4.12. The zero-order chi connectivity index (χ0) is 13.8. The number of hydrogen-bond acceptors (Lipinski definition) is 3. The van der Waals surface area contributed by atoms with Crippen LogP contribution in [0.1, 0.15) is 17.4 Å². The van der Waals surface area contributed by atoms with E-state index in [9.17, 15) is 0 Å². The Labute approximate surface area is 123 Å². The van der Waals surface area contributed by atoms with E-state index < -0.39 is 0 Å². The van der Waals surface area contributed by atoms with Crippen LogP contribution in [-0.2, 0) is 13.0 Å². The minimum atomic E-state index is 0.158. The van der Waals surface area contributed by atoms with Crippen molar-refractivity contribution in [2.24, 2.45) is 5.73 Å². The first-order valence-electron chi connectivity index (χ1n) is 6.34. The fourth-order valence-electron chi connectivity index (χ4n) is 2.08. The summed E-state index contributed by atoms with van der Waals surface area (Å²) in [7, 11) is 2.06. The molecule has 0 amide bonds. The lowest BCUT2D eigenvalue weighted by molar-refractivity contribution is 0.738. The van der Waals surface area contributed by atoms with Gasteiger partial charge in [0.25, 0.3) is 0 Å². The molecule has 0 bridgehead atoms. The third kappa shape index (κ3) is 3.96. The van der Waals surface area contributed by atoms with Crippen LogP contribution >= 0.6 is 22.9 Å². The van der Waals surface area contributed by atoms with Crippen molar-refractivity contribution in [3.8, 4) is 0 Å². The van der Waals surface area contributed by atoms with Gasteiger partial charge >= 0.3 is 0 Å². The number of benzene rings is 1. The predicted molar refractivity (Wildman–Crippen MR) is 85.2 cm³/mol. The van der Waals surface area contributed by atoms with Gasteiger partial charge in [-0.3, -0.25) is 0 Å². The minimum Gasteiger partial charge on any atom is -0.368 e. The highest BCUT2D eigenvalue weighted by molar-refractivity contribution is 7.09. The van der Waals surface area contributed by atoms with E-state index in [1.54, 1.807) is 11.3 Å². The molecule has 4 heteroatoms. The molecule has 1 unspecified atom stereocenters. The van der Waals surface area contributed by atoms with Crippen molar-refractivity contribution < 1.29 is 0 Å². The second-order valence-electron chi connectivity index (χ2n) is 4.90. The maximum Gasteiger partial charge on any atom is 0.0642 e. The number of anilines is 1. The van der Waals surface area contributed by atoms with E-state index in [0.717, 1.165) is 23.7 Å². The smallest absolute Gasteiger partial charge is 0.0642 e. The van der Waals surface area contributed by atoms with Gasteiger partial charge in [0, 0.05) is 18.0 Å². The summed E-state index contributed by atoms with van der Waals surface area (Å²) in [5, 5.41) is 2.88. The number of halogens is 1. The fraction of sp³-hybridized carbons (Fsp3) is 0.333. The highest BCUT2D eigenvalue weighted by atomic mass is 35.5. The summed E-state index contributed by atoms with van der Waals surface area (Å²) in [5.41, 5.74) is 8.06. The molecule has 1 heterocycles.